The van der Waals surface area contributed by atoms with E-state index in [1.165, 1.54) is 0 Å². The largest absolute Gasteiger partial charge is 0.389 e. The molecule has 0 radical (unpaired) electrons. The first-order valence-corrected chi connectivity index (χ1v) is 6.43. The first-order valence-electron chi connectivity index (χ1n) is 5.55. The zero-order valence-corrected chi connectivity index (χ0v) is 9.96. The maximum Gasteiger partial charge on any atom is 0.0953 e. The molecule has 84 valence electrons. The number of piperidine rings is 1. The molecule has 1 N–H and O–H groups in total. The molecule has 0 spiro atoms. The summed E-state index contributed by atoms with van der Waals surface area (Å²) < 4.78 is 0. The molecule has 1 saturated heterocycles. The third kappa shape index (κ3) is 2.77. The first kappa shape index (κ1) is 11.0. The Kier molecular flexibility index (Phi) is 3.38. The summed E-state index contributed by atoms with van der Waals surface area (Å²) in [5.74, 6) is 0. The van der Waals surface area contributed by atoms with Gasteiger partial charge in [0.1, 0.15) is 0 Å². The van der Waals surface area contributed by atoms with Crippen molar-refractivity contribution in [2.45, 2.75) is 31.8 Å². The highest BCUT2D eigenvalue weighted by Gasteiger charge is 2.32. The minimum absolute atomic E-state index is 0.510. The Morgan fingerprint density at radius 3 is 2.80 bits per heavy atom. The Bertz CT molecular complexity index is 292. The summed E-state index contributed by atoms with van der Waals surface area (Å²) in [6.45, 7) is 5.29. The van der Waals surface area contributed by atoms with Gasteiger partial charge in [-0.2, -0.15) is 0 Å². The molecule has 0 atom stereocenters. The van der Waals surface area contributed by atoms with Crippen LogP contribution in [-0.2, 0) is 6.42 Å². The van der Waals surface area contributed by atoms with Crippen molar-refractivity contribution in [3.8, 4) is 0 Å². The molecule has 15 heavy (non-hydrogen) atoms. The standard InChI is InChI=1S/C11H18N2OS/c1-2-13-6-3-11(14,4-7-13)9-10-12-5-8-15-10/h5,8,14H,2-4,6-7,9H2,1H3. The third-order valence-corrected chi connectivity index (χ3v) is 3.98. The van der Waals surface area contributed by atoms with E-state index in [-0.39, 0.29) is 0 Å². The van der Waals surface area contributed by atoms with Crippen molar-refractivity contribution >= 4 is 11.3 Å². The van der Waals surface area contributed by atoms with Gasteiger partial charge in [0.2, 0.25) is 0 Å². The van der Waals surface area contributed by atoms with Gasteiger partial charge in [-0.3, -0.25) is 0 Å². The van der Waals surface area contributed by atoms with Crippen molar-refractivity contribution in [1.82, 2.24) is 9.88 Å². The van der Waals surface area contributed by atoms with E-state index in [9.17, 15) is 5.11 Å². The monoisotopic (exact) mass is 226 g/mol. The van der Waals surface area contributed by atoms with Crippen molar-refractivity contribution in [2.75, 3.05) is 19.6 Å². The van der Waals surface area contributed by atoms with Crippen molar-refractivity contribution in [3.63, 3.8) is 0 Å². The maximum absolute atomic E-state index is 10.4. The smallest absolute Gasteiger partial charge is 0.0953 e. The van der Waals surface area contributed by atoms with Crippen LogP contribution in [0.4, 0.5) is 0 Å². The highest BCUT2D eigenvalue weighted by Crippen LogP contribution is 2.26. The number of likely N-dealkylation sites (tertiary alicyclic amines) is 1. The SMILES string of the molecule is CCN1CCC(O)(Cc2nccs2)CC1. The molecular weight excluding hydrogens is 208 g/mol. The molecule has 3 nitrogen and oxygen atoms in total. The quantitative estimate of drug-likeness (QED) is 0.849. The summed E-state index contributed by atoms with van der Waals surface area (Å²) in [5, 5.41) is 13.4. The molecule has 1 aromatic rings. The Labute approximate surface area is 94.8 Å². The highest BCUT2D eigenvalue weighted by atomic mass is 32.1. The van der Waals surface area contributed by atoms with Crippen molar-refractivity contribution in [3.05, 3.63) is 16.6 Å². The van der Waals surface area contributed by atoms with E-state index in [1.54, 1.807) is 11.3 Å². The fraction of sp³-hybridized carbons (Fsp3) is 0.727. The summed E-state index contributed by atoms with van der Waals surface area (Å²) >= 11 is 1.64. The van der Waals surface area contributed by atoms with Crippen LogP contribution >= 0.6 is 11.3 Å². The number of aromatic nitrogens is 1. The Morgan fingerprint density at radius 2 is 2.27 bits per heavy atom. The van der Waals surface area contributed by atoms with Crippen LogP contribution < -0.4 is 0 Å². The van der Waals surface area contributed by atoms with E-state index in [0.717, 1.165) is 43.9 Å². The normalized spacial score (nSPS) is 21.7. The molecular formula is C11H18N2OS. The van der Waals surface area contributed by atoms with Gasteiger partial charge < -0.3 is 10.0 Å². The van der Waals surface area contributed by atoms with Crippen molar-refractivity contribution in [1.29, 1.82) is 0 Å². The molecule has 2 rings (SSSR count). The summed E-state index contributed by atoms with van der Waals surface area (Å²) in [4.78, 5) is 6.62. The van der Waals surface area contributed by atoms with E-state index in [4.69, 9.17) is 0 Å². The fourth-order valence-electron chi connectivity index (χ4n) is 2.08. The number of hydrogen-bond acceptors (Lipinski definition) is 4. The van der Waals surface area contributed by atoms with Gasteiger partial charge in [0.05, 0.1) is 10.6 Å². The molecule has 1 aromatic heterocycles. The number of aliphatic hydroxyl groups is 1. The van der Waals surface area contributed by atoms with Crippen molar-refractivity contribution in [2.24, 2.45) is 0 Å². The fourth-order valence-corrected chi connectivity index (χ4v) is 2.84. The summed E-state index contributed by atoms with van der Waals surface area (Å²) in [7, 11) is 0. The zero-order chi connectivity index (χ0) is 10.7. The van der Waals surface area contributed by atoms with Crippen LogP contribution in [0.2, 0.25) is 0 Å². The molecule has 2 heterocycles. The Hall–Kier alpha value is -0.450. The van der Waals surface area contributed by atoms with Gasteiger partial charge in [-0.15, -0.1) is 11.3 Å². The third-order valence-electron chi connectivity index (χ3n) is 3.20. The average molecular weight is 226 g/mol. The second kappa shape index (κ2) is 4.60. The summed E-state index contributed by atoms with van der Waals surface area (Å²) in [6.07, 6.45) is 4.29. The van der Waals surface area contributed by atoms with Crippen molar-refractivity contribution < 1.29 is 5.11 Å². The van der Waals surface area contributed by atoms with Crippen LogP contribution in [-0.4, -0.2) is 40.2 Å². The second-order valence-corrected chi connectivity index (χ2v) is 5.24. The second-order valence-electron chi connectivity index (χ2n) is 4.26. The predicted molar refractivity (Wildman–Crippen MR) is 62.1 cm³/mol. The molecule has 0 bridgehead atoms. The number of rotatable bonds is 3. The van der Waals surface area contributed by atoms with Gasteiger partial charge in [-0.1, -0.05) is 6.92 Å². The number of thiazole rings is 1. The molecule has 1 aliphatic heterocycles. The topological polar surface area (TPSA) is 36.4 Å². The van der Waals surface area contributed by atoms with Gasteiger partial charge in [-0.05, 0) is 19.4 Å². The average Bonchev–Trinajstić information content (AvgIpc) is 2.71. The molecule has 1 aliphatic rings. The lowest BCUT2D eigenvalue weighted by Crippen LogP contribution is -2.45. The van der Waals surface area contributed by atoms with Crippen LogP contribution in [0.15, 0.2) is 11.6 Å². The van der Waals surface area contributed by atoms with Crippen LogP contribution in [0.5, 0.6) is 0 Å². The van der Waals surface area contributed by atoms with Crippen LogP contribution in [0.3, 0.4) is 0 Å². The van der Waals surface area contributed by atoms with E-state index < -0.39 is 5.60 Å². The molecule has 0 unspecified atom stereocenters. The Balaban J connectivity index is 1.92. The highest BCUT2D eigenvalue weighted by molar-refractivity contribution is 7.09. The molecule has 0 aliphatic carbocycles. The van der Waals surface area contributed by atoms with Gasteiger partial charge in [-0.25, -0.2) is 4.98 Å². The lowest BCUT2D eigenvalue weighted by atomic mass is 9.88. The molecule has 4 heteroatoms. The maximum atomic E-state index is 10.4. The van der Waals surface area contributed by atoms with Gasteiger partial charge in [0.25, 0.3) is 0 Å². The number of hydrogen-bond donors (Lipinski definition) is 1. The molecule has 1 fully saturated rings. The van der Waals surface area contributed by atoms with Gasteiger partial charge >= 0.3 is 0 Å². The van der Waals surface area contributed by atoms with E-state index in [1.807, 2.05) is 11.6 Å². The minimum atomic E-state index is -0.510. The zero-order valence-electron chi connectivity index (χ0n) is 9.15. The molecule has 0 aromatic carbocycles. The minimum Gasteiger partial charge on any atom is -0.389 e. The van der Waals surface area contributed by atoms with E-state index in [2.05, 4.69) is 16.8 Å². The lowest BCUT2D eigenvalue weighted by Gasteiger charge is -2.37. The number of nitrogens with zero attached hydrogens (tertiary/aromatic N) is 2. The van der Waals surface area contributed by atoms with E-state index in [0.29, 0.717) is 0 Å². The summed E-state index contributed by atoms with van der Waals surface area (Å²) in [5.41, 5.74) is -0.510. The predicted octanol–water partition coefficient (Wildman–Crippen LogP) is 1.53. The van der Waals surface area contributed by atoms with Crippen LogP contribution in [0.1, 0.15) is 24.8 Å². The van der Waals surface area contributed by atoms with E-state index >= 15 is 0 Å². The van der Waals surface area contributed by atoms with Crippen LogP contribution in [0.25, 0.3) is 0 Å². The Morgan fingerprint density at radius 1 is 1.53 bits per heavy atom. The first-order chi connectivity index (χ1) is 7.22. The van der Waals surface area contributed by atoms with Crippen LogP contribution in [0, 0.1) is 0 Å². The summed E-state index contributed by atoms with van der Waals surface area (Å²) in [6, 6.07) is 0. The van der Waals surface area contributed by atoms with Gasteiger partial charge in [0.15, 0.2) is 0 Å². The van der Waals surface area contributed by atoms with Gasteiger partial charge in [0, 0.05) is 31.1 Å². The molecule has 0 amide bonds. The molecule has 0 saturated carbocycles. The lowest BCUT2D eigenvalue weighted by molar-refractivity contribution is -0.0194.